The second-order valence-electron chi connectivity index (χ2n) is 19.0. The molecule has 10 rings (SSSR count). The predicted octanol–water partition coefficient (Wildman–Crippen LogP) is 17.2. The van der Waals surface area contributed by atoms with Crippen LogP contribution in [-0.2, 0) is 17.3 Å². The van der Waals surface area contributed by atoms with Gasteiger partial charge < -0.3 is 14.6 Å². The van der Waals surface area contributed by atoms with Crippen LogP contribution in [0.25, 0.3) is 65.4 Å². The fourth-order valence-corrected chi connectivity index (χ4v) is 9.60. The van der Waals surface area contributed by atoms with Gasteiger partial charge in [-0.2, -0.15) is 0 Å². The maximum atomic E-state index is 7.17. The van der Waals surface area contributed by atoms with Gasteiger partial charge in [0.2, 0.25) is 0 Å². The minimum atomic E-state index is -0.0953. The Morgan fingerprint density at radius 3 is 1.69 bits per heavy atom. The minimum Gasteiger partial charge on any atom is -0.455 e. The van der Waals surface area contributed by atoms with Gasteiger partial charge in [-0.15, -0.1) is 0 Å². The number of aryl methyl sites for hydroxylation is 2. The summed E-state index contributed by atoms with van der Waals surface area (Å²) in [5.41, 5.74) is 15.1. The Kier molecular flexibility index (Phi) is 9.21. The first kappa shape index (κ1) is 38.6. The molecule has 0 saturated carbocycles. The molecule has 0 bridgehead atoms. The first-order chi connectivity index (χ1) is 29.4. The topological polar surface area (TPSA) is 28.4 Å². The largest absolute Gasteiger partial charge is 0.455 e. The van der Waals surface area contributed by atoms with Gasteiger partial charge in [0, 0.05) is 56.0 Å². The van der Waals surface area contributed by atoms with Crippen LogP contribution in [-0.4, -0.2) is 0 Å². The summed E-state index contributed by atoms with van der Waals surface area (Å²) in [6.45, 7) is 18.7. The van der Waals surface area contributed by atoms with Crippen molar-refractivity contribution in [2.45, 2.75) is 79.1 Å². The van der Waals surface area contributed by atoms with Crippen molar-refractivity contribution in [3.05, 3.63) is 174 Å². The number of rotatable bonds is 8. The van der Waals surface area contributed by atoms with Gasteiger partial charge in [0.05, 0.1) is 0 Å². The molecule has 1 aromatic heterocycles. The molecule has 0 radical (unpaired) electrons. The maximum absolute atomic E-state index is 7.17. The lowest BCUT2D eigenvalue weighted by Gasteiger charge is -2.28. The Balaban J connectivity index is 1.31. The van der Waals surface area contributed by atoms with Crippen molar-refractivity contribution in [2.24, 2.45) is 0 Å². The lowest BCUT2D eigenvalue weighted by atomic mass is 9.76. The summed E-state index contributed by atoms with van der Waals surface area (Å²) >= 11 is 0. The zero-order chi connectivity index (χ0) is 42.2. The van der Waals surface area contributed by atoms with Crippen molar-refractivity contribution in [3.8, 4) is 11.1 Å². The minimum absolute atomic E-state index is 0.0674. The van der Waals surface area contributed by atoms with E-state index in [4.69, 9.17) is 4.42 Å². The van der Waals surface area contributed by atoms with E-state index in [2.05, 4.69) is 211 Å². The van der Waals surface area contributed by atoms with Crippen LogP contribution >= 0.6 is 0 Å². The first-order valence-electron chi connectivity index (χ1n) is 21.9. The van der Waals surface area contributed by atoms with E-state index < -0.39 is 0 Å². The van der Waals surface area contributed by atoms with E-state index in [0.29, 0.717) is 0 Å². The van der Waals surface area contributed by atoms with Gasteiger partial charge in [0.15, 0.2) is 0 Å². The summed E-state index contributed by atoms with van der Waals surface area (Å²) in [4.78, 5) is 2.36. The Labute approximate surface area is 360 Å². The molecule has 0 aliphatic carbocycles. The van der Waals surface area contributed by atoms with Gasteiger partial charge in [-0.3, -0.25) is 0 Å². The molecule has 0 aliphatic heterocycles. The maximum Gasteiger partial charge on any atom is 0.143 e. The molecule has 0 saturated heterocycles. The molecule has 3 nitrogen and oxygen atoms in total. The lowest BCUT2D eigenvalue weighted by molar-refractivity contribution is 0.591. The summed E-state index contributed by atoms with van der Waals surface area (Å²) in [6.07, 6.45) is 2.01. The highest BCUT2D eigenvalue weighted by Crippen LogP contribution is 2.52. The quantitative estimate of drug-likeness (QED) is 0.155. The van der Waals surface area contributed by atoms with Crippen LogP contribution in [0.4, 0.5) is 28.4 Å². The Hall–Kier alpha value is -6.58. The molecule has 3 heteroatoms. The number of para-hydroxylation sites is 3. The standard InChI is InChI=1S/C58H54N2O/c1-9-19-45-47-31-37(57(3,4)5)33-49-53(47)54-48(52(45)44-29-27-43(30-36(44)2)60(41-22-15-11-16-23-41)42-24-17-12-18-25-42)32-38(58(6,7)8)34-50(54)56-55(49)46-28-26-40(35-51(46)61-56)59-39-20-13-10-14-21-39/h10-18,20-35,59H,9,19H2,1-8H3. The second-order valence-corrected chi connectivity index (χ2v) is 19.0. The van der Waals surface area contributed by atoms with Gasteiger partial charge >= 0.3 is 0 Å². The van der Waals surface area contributed by atoms with Crippen LogP contribution in [0.1, 0.15) is 77.1 Å². The van der Waals surface area contributed by atoms with Gasteiger partial charge in [0.1, 0.15) is 11.2 Å². The Morgan fingerprint density at radius 1 is 0.508 bits per heavy atom. The number of fused-ring (bicyclic) bond motifs is 5. The lowest BCUT2D eigenvalue weighted by Crippen LogP contribution is -2.13. The van der Waals surface area contributed by atoms with Crippen LogP contribution in [0, 0.1) is 6.92 Å². The summed E-state index contributed by atoms with van der Waals surface area (Å²) in [5.74, 6) is 0. The molecule has 10 aromatic rings. The number of furan rings is 1. The average Bonchev–Trinajstić information content (AvgIpc) is 3.63. The molecule has 61 heavy (non-hydrogen) atoms. The van der Waals surface area contributed by atoms with Gasteiger partial charge in [-0.05, 0) is 158 Å². The Bertz CT molecular complexity index is 3200. The third-order valence-corrected chi connectivity index (χ3v) is 12.7. The summed E-state index contributed by atoms with van der Waals surface area (Å²) in [5, 5.41) is 13.7. The SMILES string of the molecule is CCCc1c(-c2ccc(N(c3ccccc3)c3ccccc3)cc2C)c2cc(C(C)(C)C)cc3c4oc5cc(Nc6ccccc6)ccc5c4c4cc(C(C)(C)C)cc1c4c23. The van der Waals surface area contributed by atoms with E-state index in [1.165, 1.54) is 71.1 Å². The molecule has 0 amide bonds. The molecule has 302 valence electrons. The number of hydrogen-bond donors (Lipinski definition) is 1. The van der Waals surface area contributed by atoms with Crippen molar-refractivity contribution in [2.75, 3.05) is 10.2 Å². The third-order valence-electron chi connectivity index (χ3n) is 12.7. The van der Waals surface area contributed by atoms with Crippen LogP contribution in [0.5, 0.6) is 0 Å². The fraction of sp³-hybridized carbons (Fsp3) is 0.207. The predicted molar refractivity (Wildman–Crippen MR) is 263 cm³/mol. The van der Waals surface area contributed by atoms with Crippen molar-refractivity contribution >= 4 is 82.7 Å². The second kappa shape index (κ2) is 14.6. The Morgan fingerprint density at radius 2 is 1.08 bits per heavy atom. The normalized spacial score (nSPS) is 12.4. The molecular weight excluding hydrogens is 741 g/mol. The number of benzene rings is 9. The number of nitrogens with one attached hydrogen (secondary N) is 1. The summed E-state index contributed by atoms with van der Waals surface area (Å²) in [7, 11) is 0. The van der Waals surface area contributed by atoms with Gasteiger partial charge in [0.25, 0.3) is 0 Å². The van der Waals surface area contributed by atoms with Crippen molar-refractivity contribution < 1.29 is 4.42 Å². The molecule has 0 atom stereocenters. The van der Waals surface area contributed by atoms with Gasteiger partial charge in [-0.1, -0.05) is 122 Å². The molecule has 1 N–H and O–H groups in total. The smallest absolute Gasteiger partial charge is 0.143 e. The molecule has 9 aromatic carbocycles. The van der Waals surface area contributed by atoms with Crippen molar-refractivity contribution in [1.82, 2.24) is 0 Å². The van der Waals surface area contributed by atoms with E-state index in [1.54, 1.807) is 0 Å². The van der Waals surface area contributed by atoms with E-state index in [9.17, 15) is 0 Å². The number of anilines is 5. The molecule has 1 heterocycles. The molecule has 0 fully saturated rings. The van der Waals surface area contributed by atoms with Gasteiger partial charge in [-0.25, -0.2) is 0 Å². The van der Waals surface area contributed by atoms with Crippen LogP contribution in [0.15, 0.2) is 156 Å². The van der Waals surface area contributed by atoms with Crippen molar-refractivity contribution in [1.29, 1.82) is 0 Å². The number of nitrogens with zero attached hydrogens (tertiary/aromatic N) is 1. The summed E-state index contributed by atoms with van der Waals surface area (Å²) < 4.78 is 7.17. The molecule has 0 spiro atoms. The molecule has 0 aliphatic rings. The van der Waals surface area contributed by atoms with Crippen LogP contribution < -0.4 is 10.2 Å². The van der Waals surface area contributed by atoms with E-state index >= 15 is 0 Å². The summed E-state index contributed by atoms with van der Waals surface area (Å²) in [6, 6.07) is 55.5. The zero-order valence-electron chi connectivity index (χ0n) is 36.7. The average molecular weight is 795 g/mol. The van der Waals surface area contributed by atoms with E-state index in [1.807, 2.05) is 6.07 Å². The van der Waals surface area contributed by atoms with Crippen LogP contribution in [0.3, 0.4) is 0 Å². The van der Waals surface area contributed by atoms with Crippen LogP contribution in [0.2, 0.25) is 0 Å². The molecular formula is C58H54N2O. The number of hydrogen-bond acceptors (Lipinski definition) is 3. The first-order valence-corrected chi connectivity index (χ1v) is 21.9. The monoisotopic (exact) mass is 794 g/mol. The highest BCUT2D eigenvalue weighted by atomic mass is 16.3. The zero-order valence-corrected chi connectivity index (χ0v) is 36.7. The highest BCUT2D eigenvalue weighted by molar-refractivity contribution is 6.39. The molecule has 0 unspecified atom stereocenters. The van der Waals surface area contributed by atoms with E-state index in [0.717, 1.165) is 57.8 Å². The van der Waals surface area contributed by atoms with E-state index in [-0.39, 0.29) is 10.8 Å². The fourth-order valence-electron chi connectivity index (χ4n) is 9.60. The van der Waals surface area contributed by atoms with Crippen molar-refractivity contribution in [3.63, 3.8) is 0 Å². The highest BCUT2D eigenvalue weighted by Gasteiger charge is 2.29. The third kappa shape index (κ3) is 6.59.